The largest absolute Gasteiger partial charge is 0.494 e. The van der Waals surface area contributed by atoms with Crippen LogP contribution in [-0.4, -0.2) is 127 Å². The maximum Gasteiger partial charge on any atom is 0.280 e. The number of H-pyrrole nitrogens is 4. The number of hydrogen-bond donors (Lipinski definition) is 8. The molecule has 3 aromatic carbocycles. The predicted octanol–water partition coefficient (Wildman–Crippen LogP) is 13.5. The van der Waals surface area contributed by atoms with Gasteiger partial charge in [-0.1, -0.05) is 91.0 Å². The van der Waals surface area contributed by atoms with Crippen LogP contribution in [0.2, 0.25) is 0 Å². The number of nitrogens with one attached hydrogen (secondary N) is 4. The highest BCUT2D eigenvalue weighted by Crippen LogP contribution is 2.46. The van der Waals surface area contributed by atoms with E-state index in [0.29, 0.717) is 73.2 Å². The summed E-state index contributed by atoms with van der Waals surface area (Å²) in [5, 5.41) is 47.4. The number of benzene rings is 3. The molecule has 12 aromatic heterocycles. The van der Waals surface area contributed by atoms with Crippen LogP contribution in [0.15, 0.2) is 208 Å². The number of aromatic amines is 4. The normalized spacial score (nSPS) is 13.2. The quantitative estimate of drug-likeness (QED) is 0.0665. The number of aliphatic imine (C=N–C) groups is 4. The molecular weight excluding hydrogens is 1330 g/mol. The topological polar surface area (TPSA) is 365 Å². The molecule has 0 unspecified atom stereocenters. The Balaban J connectivity index is 0.000000105. The fourth-order valence-electron chi connectivity index (χ4n) is 12.0. The Morgan fingerprint density at radius 2 is 0.798 bits per heavy atom. The van der Waals surface area contributed by atoms with Crippen LogP contribution in [0.25, 0.3) is 85.9 Å². The molecule has 0 bridgehead atoms. The SMILES string of the molecule is CC1=NC(=O)c2c(-c3ccccc3)[nH]c(O)c21.O=C1N=C(c2ccc(-c3cccs3)s2)c2c(O)[nH]c(-c3ccc(-c4cccs4)s3)c21.O=C1N=C(c2cccc3cccnc23)c2c(O)[nH]c(-c3cccc4cccnc34)c21.O=C1N=C(c2ncncn2)c2c(O)[nH]c(-c3ncncn3)c21. The molecule has 478 valence electrons. The number of para-hydroxylation sites is 2. The third-order valence-corrected chi connectivity index (χ3v) is 20.6. The van der Waals surface area contributed by atoms with E-state index >= 15 is 0 Å². The molecular formula is C71H42N16O8S4. The lowest BCUT2D eigenvalue weighted by molar-refractivity contribution is 0.0998. The fourth-order valence-corrected chi connectivity index (χ4v) is 15.7. The molecule has 28 heteroatoms. The van der Waals surface area contributed by atoms with Crippen molar-refractivity contribution in [2.45, 2.75) is 6.92 Å². The van der Waals surface area contributed by atoms with Crippen LogP contribution in [0.5, 0.6) is 23.5 Å². The minimum atomic E-state index is -0.530. The zero-order chi connectivity index (χ0) is 67.6. The smallest absolute Gasteiger partial charge is 0.280 e. The number of amides is 4. The maximum absolute atomic E-state index is 13.0. The molecule has 0 saturated heterocycles. The number of hydrogen-bond acceptors (Lipinski definition) is 20. The molecule has 0 saturated carbocycles. The van der Waals surface area contributed by atoms with E-state index in [0.717, 1.165) is 52.4 Å². The lowest BCUT2D eigenvalue weighted by Gasteiger charge is -2.05. The van der Waals surface area contributed by atoms with E-state index < -0.39 is 11.8 Å². The Morgan fingerprint density at radius 3 is 1.42 bits per heavy atom. The number of thiophene rings is 4. The standard InChI is InChI=1S/C24H14N4O2.C22H12N2O2S4.C13H10N2O2.C12H6N8O2/c29-23-17-18(22(28-23)16-10-2-6-14-8-4-12-26-20(14)16)24(30)27-21(17)15-9-1-5-13-7-3-11-25-19(13)15;25-21-17-18(20(24-21)16-8-6-14(30-16)12-4-2-10-28-12)22(26)23-19(17)15-7-5-13(29-15)11-3-1-9-27-11;1-7-9-10(13(17)14-7)11(15-12(9)16)8-5-3-2-4-6-8;21-11-5-6(8(20-11)10-17-3-14-4-18-10)12(22)19-7(5)9-15-1-13-2-16-9/h1-12,27,30H;1-10,23,26H;2-6,15-16H,1H3;1-4,19,22H. The first-order chi connectivity index (χ1) is 48.3. The van der Waals surface area contributed by atoms with E-state index in [9.17, 15) is 39.6 Å². The van der Waals surface area contributed by atoms with E-state index in [4.69, 9.17) is 0 Å². The summed E-state index contributed by atoms with van der Waals surface area (Å²) >= 11 is 6.52. The number of carbonyl (C=O) groups is 4. The molecule has 15 aromatic rings. The van der Waals surface area contributed by atoms with Gasteiger partial charge in [-0.25, -0.2) is 49.9 Å². The van der Waals surface area contributed by atoms with Gasteiger partial charge in [-0.05, 0) is 71.8 Å². The van der Waals surface area contributed by atoms with Gasteiger partial charge in [0.2, 0.25) is 0 Å². The number of carbonyl (C=O) groups excluding carboxylic acids is 4. The monoisotopic (exact) mass is 1370 g/mol. The van der Waals surface area contributed by atoms with Crippen LogP contribution in [-0.2, 0) is 0 Å². The summed E-state index contributed by atoms with van der Waals surface area (Å²) in [6.07, 6.45) is 8.56. The summed E-state index contributed by atoms with van der Waals surface area (Å²) in [7, 11) is 0. The van der Waals surface area contributed by atoms with Crippen molar-refractivity contribution in [2.75, 3.05) is 0 Å². The second kappa shape index (κ2) is 25.0. The Hall–Kier alpha value is -13.0. The first-order valence-corrected chi connectivity index (χ1v) is 33.3. The highest BCUT2D eigenvalue weighted by molar-refractivity contribution is 7.23. The van der Waals surface area contributed by atoms with E-state index in [1.54, 1.807) is 64.7 Å². The number of aromatic nitrogens is 12. The Labute approximate surface area is 572 Å². The van der Waals surface area contributed by atoms with Crippen molar-refractivity contribution in [3.8, 4) is 87.6 Å². The summed E-state index contributed by atoms with van der Waals surface area (Å²) in [6, 6.07) is 44.7. The van der Waals surface area contributed by atoms with Crippen LogP contribution in [0.3, 0.4) is 0 Å². The minimum absolute atomic E-state index is 0.00551. The van der Waals surface area contributed by atoms with Crippen molar-refractivity contribution in [2.24, 2.45) is 20.0 Å². The van der Waals surface area contributed by atoms with Gasteiger partial charge in [0.15, 0.2) is 35.2 Å². The van der Waals surface area contributed by atoms with E-state index in [1.165, 1.54) is 35.1 Å². The summed E-state index contributed by atoms with van der Waals surface area (Å²) in [4.78, 5) is 116. The summed E-state index contributed by atoms with van der Waals surface area (Å²) in [5.74, 6) is -1.44. The number of fused-ring (bicyclic) bond motifs is 6. The zero-order valence-electron chi connectivity index (χ0n) is 50.8. The molecule has 4 amide bonds. The summed E-state index contributed by atoms with van der Waals surface area (Å²) in [6.45, 7) is 1.71. The molecule has 19 rings (SSSR count). The van der Waals surface area contributed by atoms with Gasteiger partial charge in [0.25, 0.3) is 23.6 Å². The molecule has 4 aliphatic heterocycles. The Bertz CT molecular complexity index is 5900. The van der Waals surface area contributed by atoms with Crippen LogP contribution < -0.4 is 0 Å². The van der Waals surface area contributed by atoms with Gasteiger partial charge < -0.3 is 40.4 Å². The summed E-state index contributed by atoms with van der Waals surface area (Å²) in [5.41, 5.74) is 10.6. The number of pyridine rings is 2. The van der Waals surface area contributed by atoms with Gasteiger partial charge in [-0.2, -0.15) is 0 Å². The molecule has 0 atom stereocenters. The molecule has 24 nitrogen and oxygen atoms in total. The van der Waals surface area contributed by atoms with Gasteiger partial charge in [-0.3, -0.25) is 29.1 Å². The first-order valence-electron chi connectivity index (χ1n) is 29.9. The van der Waals surface area contributed by atoms with E-state index in [1.807, 2.05) is 138 Å². The maximum atomic E-state index is 13.0. The number of aromatic hydroxyl groups is 4. The van der Waals surface area contributed by atoms with Crippen LogP contribution in [0, 0.1) is 0 Å². The van der Waals surface area contributed by atoms with Gasteiger partial charge in [0.1, 0.15) is 36.7 Å². The molecule has 0 fully saturated rings. The Kier molecular flexibility index (Phi) is 15.3. The molecule has 0 spiro atoms. The van der Waals surface area contributed by atoms with E-state index in [-0.39, 0.29) is 69.5 Å². The van der Waals surface area contributed by atoms with Crippen LogP contribution >= 0.6 is 45.3 Å². The zero-order valence-corrected chi connectivity index (χ0v) is 54.1. The molecule has 8 N–H and O–H groups in total. The number of nitrogens with zero attached hydrogens (tertiary/aromatic N) is 12. The average Bonchev–Trinajstić information content (AvgIpc) is 1.60. The van der Waals surface area contributed by atoms with Crippen molar-refractivity contribution < 1.29 is 39.6 Å². The lowest BCUT2D eigenvalue weighted by Crippen LogP contribution is -2.06. The van der Waals surface area contributed by atoms with Crippen molar-refractivity contribution >= 4 is 114 Å². The molecule has 4 aliphatic rings. The van der Waals surface area contributed by atoms with Gasteiger partial charge >= 0.3 is 0 Å². The molecule has 99 heavy (non-hydrogen) atoms. The predicted molar refractivity (Wildman–Crippen MR) is 377 cm³/mol. The van der Waals surface area contributed by atoms with E-state index in [2.05, 4.69) is 91.9 Å². The van der Waals surface area contributed by atoms with Crippen LogP contribution in [0.1, 0.15) is 86.9 Å². The third kappa shape index (κ3) is 10.8. The molecule has 16 heterocycles. The van der Waals surface area contributed by atoms with Gasteiger partial charge in [0, 0.05) is 53.8 Å². The third-order valence-electron chi connectivity index (χ3n) is 16.3. The second-order valence-corrected chi connectivity index (χ2v) is 26.1. The Morgan fingerprint density at radius 1 is 0.343 bits per heavy atom. The van der Waals surface area contributed by atoms with Crippen molar-refractivity contribution in [1.29, 1.82) is 0 Å². The van der Waals surface area contributed by atoms with Crippen LogP contribution in [0.4, 0.5) is 0 Å². The highest BCUT2D eigenvalue weighted by atomic mass is 32.1. The minimum Gasteiger partial charge on any atom is -0.494 e. The molecule has 0 radical (unpaired) electrons. The molecule has 0 aliphatic carbocycles. The van der Waals surface area contributed by atoms with Crippen molar-refractivity contribution in [3.63, 3.8) is 0 Å². The summed E-state index contributed by atoms with van der Waals surface area (Å²) < 4.78 is 0. The van der Waals surface area contributed by atoms with Gasteiger partial charge in [0.05, 0.1) is 99.5 Å². The van der Waals surface area contributed by atoms with Gasteiger partial charge in [-0.15, -0.1) is 45.3 Å². The van der Waals surface area contributed by atoms with Crippen molar-refractivity contribution in [1.82, 2.24) is 59.8 Å². The lowest BCUT2D eigenvalue weighted by atomic mass is 9.97. The fraction of sp³-hybridized carbons (Fsp3) is 0.0141. The van der Waals surface area contributed by atoms with Crippen molar-refractivity contribution in [3.05, 3.63) is 249 Å². The second-order valence-electron chi connectivity index (χ2n) is 22.0. The highest BCUT2D eigenvalue weighted by Gasteiger charge is 2.38. The number of rotatable bonds is 9. The first kappa shape index (κ1) is 60.9. The average molecular weight is 1380 g/mol.